The second-order valence-electron chi connectivity index (χ2n) is 5.59. The summed E-state index contributed by atoms with van der Waals surface area (Å²) in [5.41, 5.74) is 1.90. The van der Waals surface area contributed by atoms with Crippen molar-refractivity contribution in [3.05, 3.63) is 75.9 Å². The molecule has 0 aliphatic heterocycles. The number of carbonyl (C=O) groups is 1. The maximum atomic E-state index is 12.0. The highest BCUT2D eigenvalue weighted by Gasteiger charge is 2.05. The predicted octanol–water partition coefficient (Wildman–Crippen LogP) is 3.86. The molecule has 6 heteroatoms. The highest BCUT2D eigenvalue weighted by Crippen LogP contribution is 2.14. The number of amides is 1. The van der Waals surface area contributed by atoms with Crippen LogP contribution in [-0.2, 0) is 11.3 Å². The van der Waals surface area contributed by atoms with Crippen LogP contribution in [0, 0.1) is 10.5 Å². The van der Waals surface area contributed by atoms with Gasteiger partial charge in [-0.2, -0.15) is 0 Å². The van der Waals surface area contributed by atoms with Gasteiger partial charge in [-0.3, -0.25) is 4.79 Å². The van der Waals surface area contributed by atoms with Gasteiger partial charge in [-0.1, -0.05) is 12.1 Å². The maximum Gasteiger partial charge on any atom is 0.262 e. The van der Waals surface area contributed by atoms with Gasteiger partial charge in [0.2, 0.25) is 0 Å². The molecular weight excluding hydrogens is 429 g/mol. The number of nitrogens with zero attached hydrogens (tertiary/aromatic N) is 2. The molecule has 25 heavy (non-hydrogen) atoms. The molecule has 0 spiro atoms. The van der Waals surface area contributed by atoms with Gasteiger partial charge in [-0.15, -0.1) is 0 Å². The average molecular weight is 447 g/mol. The molecule has 0 atom stereocenters. The molecule has 0 unspecified atom stereocenters. The van der Waals surface area contributed by atoms with Crippen molar-refractivity contribution in [2.45, 2.75) is 13.5 Å². The SMILES string of the molecule is Cc1nccn1Cc1ccc(NC(=O)COc2ccc(I)cc2)cc1. The van der Waals surface area contributed by atoms with Crippen molar-refractivity contribution < 1.29 is 9.53 Å². The van der Waals surface area contributed by atoms with Crippen LogP contribution in [0.5, 0.6) is 5.75 Å². The van der Waals surface area contributed by atoms with Gasteiger partial charge >= 0.3 is 0 Å². The summed E-state index contributed by atoms with van der Waals surface area (Å²) in [5, 5.41) is 2.84. The van der Waals surface area contributed by atoms with E-state index in [1.54, 1.807) is 6.20 Å². The van der Waals surface area contributed by atoms with Crippen LogP contribution < -0.4 is 10.1 Å². The van der Waals surface area contributed by atoms with E-state index in [0.717, 1.165) is 27.2 Å². The summed E-state index contributed by atoms with van der Waals surface area (Å²) in [7, 11) is 0. The van der Waals surface area contributed by atoms with Crippen LogP contribution in [0.3, 0.4) is 0 Å². The molecule has 0 fully saturated rings. The molecule has 0 bridgehead atoms. The van der Waals surface area contributed by atoms with Crippen molar-refractivity contribution in [1.29, 1.82) is 0 Å². The van der Waals surface area contributed by atoms with Gasteiger partial charge < -0.3 is 14.6 Å². The Kier molecular flexibility index (Phi) is 5.70. The molecule has 1 heterocycles. The van der Waals surface area contributed by atoms with E-state index in [-0.39, 0.29) is 12.5 Å². The van der Waals surface area contributed by atoms with Crippen LogP contribution >= 0.6 is 22.6 Å². The third-order valence-corrected chi connectivity index (χ3v) is 4.42. The van der Waals surface area contributed by atoms with Crippen LogP contribution in [0.15, 0.2) is 60.9 Å². The zero-order chi connectivity index (χ0) is 17.6. The number of anilines is 1. The van der Waals surface area contributed by atoms with E-state index in [1.807, 2.05) is 61.7 Å². The fourth-order valence-corrected chi connectivity index (χ4v) is 2.70. The Morgan fingerprint density at radius 3 is 2.52 bits per heavy atom. The quantitative estimate of drug-likeness (QED) is 0.584. The number of aromatic nitrogens is 2. The lowest BCUT2D eigenvalue weighted by Crippen LogP contribution is -2.20. The standard InChI is InChI=1S/C19H18IN3O2/c1-14-21-10-11-23(14)12-15-2-6-17(7-3-15)22-19(24)13-25-18-8-4-16(20)5-9-18/h2-11H,12-13H2,1H3,(H,22,24). The first-order chi connectivity index (χ1) is 12.1. The van der Waals surface area contributed by atoms with Crippen molar-refractivity contribution >= 4 is 34.2 Å². The number of ether oxygens (including phenoxy) is 1. The Balaban J connectivity index is 1.51. The van der Waals surface area contributed by atoms with Gasteiger partial charge in [0.15, 0.2) is 6.61 Å². The lowest BCUT2D eigenvalue weighted by molar-refractivity contribution is -0.118. The number of rotatable bonds is 6. The fourth-order valence-electron chi connectivity index (χ4n) is 2.34. The summed E-state index contributed by atoms with van der Waals surface area (Å²) in [6.45, 7) is 2.72. The lowest BCUT2D eigenvalue weighted by atomic mass is 10.2. The highest BCUT2D eigenvalue weighted by atomic mass is 127. The summed E-state index contributed by atoms with van der Waals surface area (Å²) in [6.07, 6.45) is 3.74. The van der Waals surface area contributed by atoms with Crippen molar-refractivity contribution in [2.24, 2.45) is 0 Å². The number of imidazole rings is 1. The second kappa shape index (κ2) is 8.15. The zero-order valence-electron chi connectivity index (χ0n) is 13.8. The maximum absolute atomic E-state index is 12.0. The van der Waals surface area contributed by atoms with Crippen molar-refractivity contribution in [2.75, 3.05) is 11.9 Å². The average Bonchev–Trinajstić information content (AvgIpc) is 3.01. The van der Waals surface area contributed by atoms with Crippen LogP contribution in [0.25, 0.3) is 0 Å². The number of carbonyl (C=O) groups excluding carboxylic acids is 1. The van der Waals surface area contributed by atoms with E-state index >= 15 is 0 Å². The minimum atomic E-state index is -0.184. The number of aryl methyl sites for hydroxylation is 1. The van der Waals surface area contributed by atoms with E-state index in [9.17, 15) is 4.79 Å². The van der Waals surface area contributed by atoms with E-state index < -0.39 is 0 Å². The smallest absolute Gasteiger partial charge is 0.262 e. The highest BCUT2D eigenvalue weighted by molar-refractivity contribution is 14.1. The number of nitrogens with one attached hydrogen (secondary N) is 1. The third kappa shape index (κ3) is 5.06. The lowest BCUT2D eigenvalue weighted by Gasteiger charge is -2.09. The molecule has 1 amide bonds. The molecule has 0 saturated heterocycles. The minimum Gasteiger partial charge on any atom is -0.484 e. The van der Waals surface area contributed by atoms with Gasteiger partial charge in [0.25, 0.3) is 5.91 Å². The Morgan fingerprint density at radius 2 is 1.88 bits per heavy atom. The van der Waals surface area contributed by atoms with Gasteiger partial charge in [-0.25, -0.2) is 4.98 Å². The normalized spacial score (nSPS) is 10.5. The molecule has 1 aromatic heterocycles. The van der Waals surface area contributed by atoms with E-state index in [0.29, 0.717) is 5.75 Å². The minimum absolute atomic E-state index is 0.0173. The van der Waals surface area contributed by atoms with E-state index in [2.05, 4.69) is 37.5 Å². The van der Waals surface area contributed by atoms with E-state index in [1.165, 1.54) is 0 Å². The molecule has 0 aliphatic carbocycles. The summed E-state index contributed by atoms with van der Waals surface area (Å²) in [6, 6.07) is 15.4. The second-order valence-corrected chi connectivity index (χ2v) is 6.84. The van der Waals surface area contributed by atoms with Crippen LogP contribution in [0.4, 0.5) is 5.69 Å². The first-order valence-corrected chi connectivity index (χ1v) is 8.93. The van der Waals surface area contributed by atoms with Crippen LogP contribution in [0.2, 0.25) is 0 Å². The summed E-state index contributed by atoms with van der Waals surface area (Å²) in [4.78, 5) is 16.2. The third-order valence-electron chi connectivity index (χ3n) is 3.70. The largest absolute Gasteiger partial charge is 0.484 e. The first kappa shape index (κ1) is 17.5. The molecular formula is C19H18IN3O2. The van der Waals surface area contributed by atoms with E-state index in [4.69, 9.17) is 4.74 Å². The van der Waals surface area contributed by atoms with Gasteiger partial charge in [0.1, 0.15) is 11.6 Å². The molecule has 0 saturated carbocycles. The number of benzene rings is 2. The predicted molar refractivity (Wildman–Crippen MR) is 106 cm³/mol. The number of hydrogen-bond acceptors (Lipinski definition) is 3. The van der Waals surface area contributed by atoms with Gasteiger partial charge in [-0.05, 0) is 71.5 Å². The Bertz CT molecular complexity index is 842. The molecule has 5 nitrogen and oxygen atoms in total. The Morgan fingerprint density at radius 1 is 1.16 bits per heavy atom. The fraction of sp³-hybridized carbons (Fsp3) is 0.158. The molecule has 0 aliphatic rings. The molecule has 2 aromatic carbocycles. The number of halogens is 1. The molecule has 1 N–H and O–H groups in total. The molecule has 0 radical (unpaired) electrons. The summed E-state index contributed by atoms with van der Waals surface area (Å²) >= 11 is 2.22. The van der Waals surface area contributed by atoms with Crippen LogP contribution in [-0.4, -0.2) is 22.1 Å². The Labute approximate surface area is 160 Å². The van der Waals surface area contributed by atoms with Crippen molar-refractivity contribution in [3.8, 4) is 5.75 Å². The zero-order valence-corrected chi connectivity index (χ0v) is 15.9. The van der Waals surface area contributed by atoms with Gasteiger partial charge in [0, 0.05) is 28.2 Å². The Hall–Kier alpha value is -2.35. The molecule has 128 valence electrons. The first-order valence-electron chi connectivity index (χ1n) is 7.85. The van der Waals surface area contributed by atoms with Crippen molar-refractivity contribution in [3.63, 3.8) is 0 Å². The van der Waals surface area contributed by atoms with Crippen LogP contribution in [0.1, 0.15) is 11.4 Å². The summed E-state index contributed by atoms with van der Waals surface area (Å²) in [5.74, 6) is 1.48. The summed E-state index contributed by atoms with van der Waals surface area (Å²) < 4.78 is 8.67. The molecule has 3 rings (SSSR count). The monoisotopic (exact) mass is 447 g/mol. The van der Waals surface area contributed by atoms with Crippen molar-refractivity contribution in [1.82, 2.24) is 9.55 Å². The molecule has 3 aromatic rings. The van der Waals surface area contributed by atoms with Gasteiger partial charge in [0.05, 0.1) is 0 Å². The number of hydrogen-bond donors (Lipinski definition) is 1. The topological polar surface area (TPSA) is 56.2 Å².